The Bertz CT molecular complexity index is 349. The Kier molecular flexibility index (Phi) is 3.38. The molecule has 1 aliphatic heterocycles. The van der Waals surface area contributed by atoms with Gasteiger partial charge in [0.2, 0.25) is 0 Å². The molecule has 2 N–H and O–H groups in total. The van der Waals surface area contributed by atoms with Gasteiger partial charge in [-0.05, 0) is 19.8 Å². The second-order valence-corrected chi connectivity index (χ2v) is 4.20. The third kappa shape index (κ3) is 2.08. The first-order chi connectivity index (χ1) is 7.43. The van der Waals surface area contributed by atoms with Gasteiger partial charge in [-0.15, -0.1) is 0 Å². The second kappa shape index (κ2) is 4.39. The molecule has 2 atom stereocenters. The fourth-order valence-corrected chi connectivity index (χ4v) is 2.20. The molecule has 0 radical (unpaired) electrons. The Morgan fingerprint density at radius 1 is 1.56 bits per heavy atom. The Morgan fingerprint density at radius 2 is 2.19 bits per heavy atom. The smallest absolute Gasteiger partial charge is 0.407 e. The number of amides is 1. The highest BCUT2D eigenvalue weighted by Crippen LogP contribution is 2.38. The molecule has 2 unspecified atom stereocenters. The van der Waals surface area contributed by atoms with Crippen LogP contribution in [0.15, 0.2) is 0 Å². The van der Waals surface area contributed by atoms with Crippen LogP contribution in [0.25, 0.3) is 0 Å². The van der Waals surface area contributed by atoms with E-state index in [1.807, 2.05) is 6.07 Å². The lowest BCUT2D eigenvalue weighted by atomic mass is 9.73. The van der Waals surface area contributed by atoms with E-state index in [1.165, 1.54) is 4.90 Å². The second-order valence-electron chi connectivity index (χ2n) is 4.20. The van der Waals surface area contributed by atoms with Crippen LogP contribution in [0.3, 0.4) is 0 Å². The van der Waals surface area contributed by atoms with Gasteiger partial charge < -0.3 is 15.1 Å². The summed E-state index contributed by atoms with van der Waals surface area (Å²) in [4.78, 5) is 23.2. The van der Waals surface area contributed by atoms with Gasteiger partial charge in [-0.2, -0.15) is 5.26 Å². The molecule has 1 saturated heterocycles. The van der Waals surface area contributed by atoms with E-state index in [0.717, 1.165) is 0 Å². The third-order valence-electron chi connectivity index (χ3n) is 3.17. The van der Waals surface area contributed by atoms with Gasteiger partial charge in [0.05, 0.1) is 17.9 Å². The molecule has 1 rings (SSSR count). The van der Waals surface area contributed by atoms with E-state index in [1.54, 1.807) is 6.92 Å². The van der Waals surface area contributed by atoms with E-state index in [0.29, 0.717) is 0 Å². The fraction of sp³-hybridized carbons (Fsp3) is 0.700. The summed E-state index contributed by atoms with van der Waals surface area (Å²) < 4.78 is 0. The Hall–Kier alpha value is -1.77. The molecular formula is C10H14N2O4. The van der Waals surface area contributed by atoms with Gasteiger partial charge in [-0.25, -0.2) is 4.79 Å². The van der Waals surface area contributed by atoms with Crippen LogP contribution < -0.4 is 0 Å². The minimum atomic E-state index is -1.08. The summed E-state index contributed by atoms with van der Waals surface area (Å²) in [5.74, 6) is -1.01. The fourth-order valence-electron chi connectivity index (χ4n) is 2.20. The van der Waals surface area contributed by atoms with E-state index in [-0.39, 0.29) is 31.8 Å². The number of rotatable bonds is 2. The lowest BCUT2D eigenvalue weighted by molar-refractivity contribution is -0.152. The van der Waals surface area contributed by atoms with Gasteiger partial charge in [0.15, 0.2) is 0 Å². The number of nitriles is 1. The maximum atomic E-state index is 11.2. The summed E-state index contributed by atoms with van der Waals surface area (Å²) in [5, 5.41) is 26.7. The van der Waals surface area contributed by atoms with Crippen molar-refractivity contribution in [2.45, 2.75) is 32.2 Å². The molecule has 6 nitrogen and oxygen atoms in total. The van der Waals surface area contributed by atoms with E-state index in [4.69, 9.17) is 15.5 Å². The van der Waals surface area contributed by atoms with Crippen molar-refractivity contribution in [1.82, 2.24) is 4.90 Å². The number of likely N-dealkylation sites (tertiary alicyclic amines) is 1. The summed E-state index contributed by atoms with van der Waals surface area (Å²) in [6, 6.07) is 1.51. The molecule has 0 aromatic carbocycles. The highest BCUT2D eigenvalue weighted by molar-refractivity contribution is 5.76. The first-order valence-electron chi connectivity index (χ1n) is 5.03. The number of hydrogen-bond acceptors (Lipinski definition) is 3. The van der Waals surface area contributed by atoms with Crippen LogP contribution in [0.2, 0.25) is 0 Å². The lowest BCUT2D eigenvalue weighted by Gasteiger charge is -2.40. The van der Waals surface area contributed by atoms with Crippen LogP contribution in [0.4, 0.5) is 4.79 Å². The van der Waals surface area contributed by atoms with Crippen molar-refractivity contribution in [2.24, 2.45) is 5.41 Å². The summed E-state index contributed by atoms with van der Waals surface area (Å²) in [6.45, 7) is 1.84. The van der Waals surface area contributed by atoms with Crippen molar-refractivity contribution in [1.29, 1.82) is 5.26 Å². The van der Waals surface area contributed by atoms with Crippen molar-refractivity contribution in [3.63, 3.8) is 0 Å². The number of hydrogen-bond donors (Lipinski definition) is 2. The zero-order chi connectivity index (χ0) is 12.3. The number of carbonyl (C=O) groups is 2. The van der Waals surface area contributed by atoms with Gasteiger partial charge in [0.25, 0.3) is 0 Å². The average Bonchev–Trinajstić information content (AvgIpc) is 2.17. The molecule has 0 aromatic rings. The molecule has 0 aliphatic carbocycles. The number of nitrogens with zero attached hydrogens (tertiary/aromatic N) is 2. The molecule has 0 bridgehead atoms. The molecule has 6 heteroatoms. The zero-order valence-corrected chi connectivity index (χ0v) is 9.01. The lowest BCUT2D eigenvalue weighted by Crippen LogP contribution is -2.50. The highest BCUT2D eigenvalue weighted by atomic mass is 16.4. The van der Waals surface area contributed by atoms with Gasteiger partial charge in [0, 0.05) is 12.6 Å². The number of piperidine rings is 1. The van der Waals surface area contributed by atoms with Crippen LogP contribution >= 0.6 is 0 Å². The molecule has 0 spiro atoms. The first-order valence-corrected chi connectivity index (χ1v) is 5.03. The van der Waals surface area contributed by atoms with Crippen molar-refractivity contribution >= 4 is 12.1 Å². The van der Waals surface area contributed by atoms with Crippen LogP contribution in [0.5, 0.6) is 0 Å². The quantitative estimate of drug-likeness (QED) is 0.734. The van der Waals surface area contributed by atoms with Gasteiger partial charge in [0.1, 0.15) is 0 Å². The van der Waals surface area contributed by atoms with Crippen LogP contribution in [0, 0.1) is 16.7 Å². The van der Waals surface area contributed by atoms with Gasteiger partial charge in [-0.1, -0.05) is 0 Å². The Morgan fingerprint density at radius 3 is 2.56 bits per heavy atom. The zero-order valence-electron chi connectivity index (χ0n) is 9.01. The normalized spacial score (nSPS) is 29.5. The van der Waals surface area contributed by atoms with E-state index < -0.39 is 17.5 Å². The summed E-state index contributed by atoms with van der Waals surface area (Å²) in [7, 11) is 0. The monoisotopic (exact) mass is 226 g/mol. The summed E-state index contributed by atoms with van der Waals surface area (Å²) in [5.41, 5.74) is -1.08. The number of carboxylic acids is 1. The minimum Gasteiger partial charge on any atom is -0.481 e. The van der Waals surface area contributed by atoms with Crippen LogP contribution in [-0.2, 0) is 4.79 Å². The molecule has 0 saturated carbocycles. The van der Waals surface area contributed by atoms with E-state index >= 15 is 0 Å². The van der Waals surface area contributed by atoms with Crippen molar-refractivity contribution < 1.29 is 19.8 Å². The maximum Gasteiger partial charge on any atom is 0.407 e. The maximum absolute atomic E-state index is 11.2. The molecule has 0 aromatic heterocycles. The van der Waals surface area contributed by atoms with E-state index in [9.17, 15) is 9.59 Å². The van der Waals surface area contributed by atoms with Gasteiger partial charge >= 0.3 is 12.1 Å². The van der Waals surface area contributed by atoms with Crippen LogP contribution in [0.1, 0.15) is 26.2 Å². The summed E-state index contributed by atoms with van der Waals surface area (Å²) in [6.07, 6.45) is -0.710. The minimum absolute atomic E-state index is 0.0693. The molecule has 88 valence electrons. The average molecular weight is 226 g/mol. The Balaban J connectivity index is 2.85. The SMILES string of the molecule is CC1CC(CC#N)(C(=O)O)CCN1C(=O)O. The number of aliphatic carboxylic acids is 1. The number of carboxylic acid groups (broad SMARTS) is 2. The molecule has 1 amide bonds. The third-order valence-corrected chi connectivity index (χ3v) is 3.17. The molecular weight excluding hydrogens is 212 g/mol. The van der Waals surface area contributed by atoms with Crippen LogP contribution in [-0.4, -0.2) is 39.8 Å². The Labute approximate surface area is 93.1 Å². The van der Waals surface area contributed by atoms with E-state index in [2.05, 4.69) is 0 Å². The first kappa shape index (κ1) is 12.3. The van der Waals surface area contributed by atoms with Crippen molar-refractivity contribution in [2.75, 3.05) is 6.54 Å². The molecule has 1 aliphatic rings. The standard InChI is InChI=1S/C10H14N2O4/c1-7-6-10(2-4-11,8(13)14)3-5-12(7)9(15)16/h7H,2-3,5-6H2,1H3,(H,13,14)(H,15,16). The predicted octanol–water partition coefficient (Wildman–Crippen LogP) is 1.13. The summed E-state index contributed by atoms with van der Waals surface area (Å²) >= 11 is 0. The molecule has 1 heterocycles. The molecule has 1 fully saturated rings. The largest absolute Gasteiger partial charge is 0.481 e. The van der Waals surface area contributed by atoms with Crippen molar-refractivity contribution in [3.05, 3.63) is 0 Å². The van der Waals surface area contributed by atoms with Gasteiger partial charge in [-0.3, -0.25) is 4.79 Å². The highest BCUT2D eigenvalue weighted by Gasteiger charge is 2.45. The van der Waals surface area contributed by atoms with Crippen molar-refractivity contribution in [3.8, 4) is 6.07 Å². The molecule has 16 heavy (non-hydrogen) atoms. The topological polar surface area (TPSA) is 102 Å². The predicted molar refractivity (Wildman–Crippen MR) is 53.7 cm³/mol.